The zero-order chi connectivity index (χ0) is 22.1. The minimum Gasteiger partial charge on any atom is -0.369 e. The highest BCUT2D eigenvalue weighted by Gasteiger charge is 2.15. The van der Waals surface area contributed by atoms with Crippen LogP contribution in [0.2, 0.25) is 0 Å². The number of H-pyrrole nitrogens is 1. The summed E-state index contributed by atoms with van der Waals surface area (Å²) >= 11 is 3.03. The van der Waals surface area contributed by atoms with Gasteiger partial charge < -0.3 is 16.0 Å². The monoisotopic (exact) mass is 437 g/mol. The molecule has 0 unspecified atom stereocenters. The predicted octanol–water partition coefficient (Wildman–Crippen LogP) is 4.36. The van der Waals surface area contributed by atoms with E-state index in [-0.39, 0.29) is 5.91 Å². The molecule has 1 fully saturated rings. The Balaban J connectivity index is 0.00000132. The number of rotatable bonds is 6. The third-order valence-corrected chi connectivity index (χ3v) is 5.77. The van der Waals surface area contributed by atoms with Gasteiger partial charge in [-0.2, -0.15) is 0 Å². The van der Waals surface area contributed by atoms with Crippen molar-refractivity contribution in [1.29, 1.82) is 0 Å². The summed E-state index contributed by atoms with van der Waals surface area (Å²) in [7, 11) is 0. The second-order valence-corrected chi connectivity index (χ2v) is 7.91. The lowest BCUT2D eigenvalue weighted by Gasteiger charge is -2.22. The number of carbonyl (C=O) groups excluding carboxylic acids is 1. The summed E-state index contributed by atoms with van der Waals surface area (Å²) in [5, 5.41) is 7.20. The molecule has 4 rings (SSSR count). The molecule has 1 aromatic heterocycles. The van der Waals surface area contributed by atoms with E-state index in [9.17, 15) is 4.79 Å². The SMILES string of the molecule is NS.Nc1ncc(-c2ccc(CNC(=O)Cc3ccc(C4CCCCC4)cc3)cc2)[nH]1. The van der Waals surface area contributed by atoms with Crippen molar-refractivity contribution in [2.45, 2.75) is 51.0 Å². The van der Waals surface area contributed by atoms with E-state index in [2.05, 4.69) is 57.5 Å². The molecule has 0 atom stereocenters. The fourth-order valence-electron chi connectivity index (χ4n) is 4.08. The number of amides is 1. The molecule has 6 nitrogen and oxygen atoms in total. The van der Waals surface area contributed by atoms with Crippen LogP contribution in [-0.4, -0.2) is 15.9 Å². The highest BCUT2D eigenvalue weighted by Crippen LogP contribution is 2.32. The summed E-state index contributed by atoms with van der Waals surface area (Å²) in [6, 6.07) is 16.6. The van der Waals surface area contributed by atoms with E-state index in [0.29, 0.717) is 24.8 Å². The molecule has 0 aliphatic heterocycles. The summed E-state index contributed by atoms with van der Waals surface area (Å²) in [6.45, 7) is 0.518. The Bertz CT molecular complexity index is 947. The number of nitrogen functional groups attached to an aromatic ring is 1. The van der Waals surface area contributed by atoms with Crippen LogP contribution in [0.25, 0.3) is 11.3 Å². The van der Waals surface area contributed by atoms with Crippen molar-refractivity contribution < 1.29 is 4.79 Å². The van der Waals surface area contributed by atoms with Crippen molar-refractivity contribution >= 4 is 24.7 Å². The summed E-state index contributed by atoms with van der Waals surface area (Å²) < 4.78 is 0. The Labute approximate surface area is 189 Å². The Morgan fingerprint density at radius 1 is 1.00 bits per heavy atom. The largest absolute Gasteiger partial charge is 0.369 e. The normalized spacial score (nSPS) is 13.9. The first-order chi connectivity index (χ1) is 15.2. The number of aromatic nitrogens is 2. The smallest absolute Gasteiger partial charge is 0.224 e. The Morgan fingerprint density at radius 2 is 1.65 bits per heavy atom. The topological polar surface area (TPSA) is 110 Å². The maximum atomic E-state index is 12.3. The lowest BCUT2D eigenvalue weighted by atomic mass is 9.84. The van der Waals surface area contributed by atoms with Gasteiger partial charge in [0.1, 0.15) is 0 Å². The van der Waals surface area contributed by atoms with Crippen LogP contribution in [0.15, 0.2) is 54.7 Å². The van der Waals surface area contributed by atoms with Crippen LogP contribution in [0.3, 0.4) is 0 Å². The average Bonchev–Trinajstić information content (AvgIpc) is 3.27. The Morgan fingerprint density at radius 3 is 2.26 bits per heavy atom. The number of nitrogens with zero attached hydrogens (tertiary/aromatic N) is 1. The van der Waals surface area contributed by atoms with Gasteiger partial charge in [-0.15, -0.1) is 12.8 Å². The van der Waals surface area contributed by atoms with E-state index in [1.807, 2.05) is 24.3 Å². The van der Waals surface area contributed by atoms with Crippen LogP contribution >= 0.6 is 12.8 Å². The van der Waals surface area contributed by atoms with Crippen LogP contribution in [0.5, 0.6) is 0 Å². The fourth-order valence-corrected chi connectivity index (χ4v) is 4.08. The molecule has 164 valence electrons. The molecule has 7 heteroatoms. The van der Waals surface area contributed by atoms with Crippen molar-refractivity contribution in [2.75, 3.05) is 5.73 Å². The van der Waals surface area contributed by atoms with Gasteiger partial charge in [-0.25, -0.2) is 4.98 Å². The highest BCUT2D eigenvalue weighted by molar-refractivity contribution is 7.77. The lowest BCUT2D eigenvalue weighted by Crippen LogP contribution is -2.24. The number of imidazole rings is 1. The van der Waals surface area contributed by atoms with E-state index >= 15 is 0 Å². The van der Waals surface area contributed by atoms with E-state index in [4.69, 9.17) is 5.73 Å². The van der Waals surface area contributed by atoms with Crippen molar-refractivity contribution in [3.8, 4) is 11.3 Å². The zero-order valence-electron chi connectivity index (χ0n) is 17.7. The molecular weight excluding hydrogens is 406 g/mol. The second-order valence-electron chi connectivity index (χ2n) is 7.91. The van der Waals surface area contributed by atoms with Crippen molar-refractivity contribution in [3.63, 3.8) is 0 Å². The summed E-state index contributed by atoms with van der Waals surface area (Å²) in [5.74, 6) is 1.15. The molecule has 0 radical (unpaired) electrons. The van der Waals surface area contributed by atoms with Gasteiger partial charge in [0.05, 0.1) is 18.3 Å². The summed E-state index contributed by atoms with van der Waals surface area (Å²) in [4.78, 5) is 19.3. The van der Waals surface area contributed by atoms with E-state index < -0.39 is 0 Å². The van der Waals surface area contributed by atoms with Gasteiger partial charge in [0, 0.05) is 6.54 Å². The van der Waals surface area contributed by atoms with E-state index in [0.717, 1.165) is 22.4 Å². The zero-order valence-corrected chi connectivity index (χ0v) is 18.6. The van der Waals surface area contributed by atoms with Gasteiger partial charge in [0.25, 0.3) is 0 Å². The van der Waals surface area contributed by atoms with Crippen LogP contribution in [0, 0.1) is 0 Å². The molecule has 2 aromatic carbocycles. The third kappa shape index (κ3) is 6.60. The highest BCUT2D eigenvalue weighted by atomic mass is 32.1. The van der Waals surface area contributed by atoms with Gasteiger partial charge in [-0.1, -0.05) is 67.8 Å². The number of hydrogen-bond acceptors (Lipinski definition) is 5. The molecule has 1 aliphatic carbocycles. The minimum absolute atomic E-state index is 0.0424. The maximum Gasteiger partial charge on any atom is 0.224 e. The van der Waals surface area contributed by atoms with E-state index in [1.165, 1.54) is 37.7 Å². The molecule has 0 saturated heterocycles. The quantitative estimate of drug-likeness (QED) is 0.369. The number of hydrogen-bond donors (Lipinski definition) is 5. The minimum atomic E-state index is 0.0424. The molecule has 0 bridgehead atoms. The molecule has 1 heterocycles. The van der Waals surface area contributed by atoms with Crippen LogP contribution < -0.4 is 16.2 Å². The number of carbonyl (C=O) groups is 1. The van der Waals surface area contributed by atoms with Gasteiger partial charge in [-0.3, -0.25) is 9.93 Å². The predicted molar refractivity (Wildman–Crippen MR) is 129 cm³/mol. The first-order valence-corrected chi connectivity index (χ1v) is 11.2. The number of benzene rings is 2. The van der Waals surface area contributed by atoms with Crippen LogP contribution in [0.4, 0.5) is 5.95 Å². The molecule has 1 aliphatic rings. The molecule has 31 heavy (non-hydrogen) atoms. The van der Waals surface area contributed by atoms with Crippen molar-refractivity contribution in [3.05, 3.63) is 71.4 Å². The fraction of sp³-hybridized carbons (Fsp3) is 0.333. The molecule has 1 saturated carbocycles. The average molecular weight is 438 g/mol. The Kier molecular flexibility index (Phi) is 8.55. The van der Waals surface area contributed by atoms with Crippen LogP contribution in [-0.2, 0) is 17.8 Å². The Hall–Kier alpha value is -2.77. The molecule has 6 N–H and O–H groups in total. The van der Waals surface area contributed by atoms with Crippen LogP contribution in [0.1, 0.15) is 54.7 Å². The molecular formula is C24H31N5OS. The number of nitrogens with one attached hydrogen (secondary N) is 2. The number of aromatic amines is 1. The standard InChI is InChI=1S/C24H28N4O.H3NS/c25-24-27-16-22(28-24)21-12-8-18(9-13-21)15-26-23(29)14-17-6-10-20(11-7-17)19-4-2-1-3-5-19;1-2/h6-13,16,19H,1-5,14-15H2,(H,26,29)(H3,25,27,28);2H,1H2. The first kappa shape index (κ1) is 22.9. The van der Waals surface area contributed by atoms with Crippen molar-refractivity contribution in [1.82, 2.24) is 15.3 Å². The number of anilines is 1. The molecule has 0 spiro atoms. The van der Waals surface area contributed by atoms with Gasteiger partial charge in [0.15, 0.2) is 5.95 Å². The van der Waals surface area contributed by atoms with Gasteiger partial charge >= 0.3 is 0 Å². The summed E-state index contributed by atoms with van der Waals surface area (Å²) in [6.07, 6.45) is 8.77. The lowest BCUT2D eigenvalue weighted by molar-refractivity contribution is -0.120. The van der Waals surface area contributed by atoms with Gasteiger partial charge in [0.2, 0.25) is 5.91 Å². The first-order valence-electron chi connectivity index (χ1n) is 10.7. The van der Waals surface area contributed by atoms with Gasteiger partial charge in [-0.05, 0) is 41.0 Å². The van der Waals surface area contributed by atoms with Crippen molar-refractivity contribution in [2.24, 2.45) is 5.14 Å². The summed E-state index contributed by atoms with van der Waals surface area (Å²) in [5.41, 5.74) is 11.1. The molecule has 1 amide bonds. The number of thiol groups is 1. The third-order valence-electron chi connectivity index (χ3n) is 5.77. The van der Waals surface area contributed by atoms with E-state index in [1.54, 1.807) is 6.20 Å². The molecule has 3 aromatic rings. The maximum absolute atomic E-state index is 12.3. The second kappa shape index (κ2) is 11.6. The number of nitrogens with two attached hydrogens (primary N) is 2.